The molecule has 12 aromatic rings. The van der Waals surface area contributed by atoms with Crippen LogP contribution in [0.2, 0.25) is 0 Å². The summed E-state index contributed by atoms with van der Waals surface area (Å²) in [6.45, 7) is 0. The molecule has 0 atom stereocenters. The Balaban J connectivity index is 0.900. The second kappa shape index (κ2) is 14.8. The minimum absolute atomic E-state index is 0.705. The molecule has 0 amide bonds. The van der Waals surface area contributed by atoms with Gasteiger partial charge in [0, 0.05) is 16.7 Å². The Labute approximate surface area is 360 Å². The predicted octanol–water partition coefficient (Wildman–Crippen LogP) is 16.2. The topological polar surface area (TPSA) is 25.8 Å². The molecular weight excluding hydrogens is 749 g/mol. The fraction of sp³-hybridized carbons (Fsp3) is 0. The van der Waals surface area contributed by atoms with Gasteiger partial charge in [0.05, 0.1) is 11.4 Å². The zero-order valence-corrected chi connectivity index (χ0v) is 33.8. The van der Waals surface area contributed by atoms with Crippen molar-refractivity contribution in [3.63, 3.8) is 0 Å². The Morgan fingerprint density at radius 1 is 0.226 bits per heavy atom. The predicted molar refractivity (Wildman–Crippen MR) is 262 cm³/mol. The first-order chi connectivity index (χ1) is 30.7. The van der Waals surface area contributed by atoms with Gasteiger partial charge < -0.3 is 0 Å². The van der Waals surface area contributed by atoms with Crippen molar-refractivity contribution in [1.29, 1.82) is 0 Å². The van der Waals surface area contributed by atoms with Crippen LogP contribution in [0, 0.1) is 0 Å². The van der Waals surface area contributed by atoms with Crippen molar-refractivity contribution in [2.45, 2.75) is 0 Å². The molecule has 0 saturated carbocycles. The number of aromatic nitrogens is 2. The van der Waals surface area contributed by atoms with Gasteiger partial charge in [0.15, 0.2) is 5.82 Å². The van der Waals surface area contributed by atoms with Crippen LogP contribution >= 0.6 is 0 Å². The number of nitrogens with zero attached hydrogens (tertiary/aromatic N) is 2. The van der Waals surface area contributed by atoms with E-state index in [4.69, 9.17) is 9.97 Å². The maximum atomic E-state index is 5.15. The molecule has 0 saturated heterocycles. The smallest absolute Gasteiger partial charge is 0.160 e. The maximum absolute atomic E-state index is 5.15. The number of hydrogen-bond acceptors (Lipinski definition) is 2. The number of hydrogen-bond donors (Lipinski definition) is 0. The summed E-state index contributed by atoms with van der Waals surface area (Å²) in [4.78, 5) is 10.3. The molecular formula is C60H38N2. The van der Waals surface area contributed by atoms with Crippen molar-refractivity contribution in [1.82, 2.24) is 9.97 Å². The molecule has 0 unspecified atom stereocenters. The quantitative estimate of drug-likeness (QED) is 0.124. The first-order valence-electron chi connectivity index (χ1n) is 21.2. The Kier molecular flexibility index (Phi) is 8.53. The third kappa shape index (κ3) is 6.29. The van der Waals surface area contributed by atoms with Crippen molar-refractivity contribution < 1.29 is 0 Å². The van der Waals surface area contributed by atoms with E-state index < -0.39 is 0 Å². The summed E-state index contributed by atoms with van der Waals surface area (Å²) in [6.07, 6.45) is 0. The van der Waals surface area contributed by atoms with Crippen LogP contribution < -0.4 is 0 Å². The summed E-state index contributed by atoms with van der Waals surface area (Å²) in [5, 5.41) is 12.5. The summed E-state index contributed by atoms with van der Waals surface area (Å²) in [5.41, 5.74) is 12.1. The average Bonchev–Trinajstić information content (AvgIpc) is 3.35. The largest absolute Gasteiger partial charge is 0.228 e. The minimum Gasteiger partial charge on any atom is -0.228 e. The van der Waals surface area contributed by atoms with Gasteiger partial charge >= 0.3 is 0 Å². The van der Waals surface area contributed by atoms with E-state index in [0.717, 1.165) is 39.2 Å². The Bertz CT molecular complexity index is 3680. The van der Waals surface area contributed by atoms with Crippen molar-refractivity contribution in [2.75, 3.05) is 0 Å². The molecule has 0 radical (unpaired) electrons. The molecule has 0 aliphatic rings. The van der Waals surface area contributed by atoms with Gasteiger partial charge in [-0.25, -0.2) is 9.97 Å². The van der Waals surface area contributed by atoms with Gasteiger partial charge in [-0.3, -0.25) is 0 Å². The highest BCUT2D eigenvalue weighted by atomic mass is 14.9. The zero-order valence-electron chi connectivity index (χ0n) is 33.8. The van der Waals surface area contributed by atoms with Gasteiger partial charge in [-0.15, -0.1) is 0 Å². The van der Waals surface area contributed by atoms with E-state index in [9.17, 15) is 0 Å². The molecule has 0 fully saturated rings. The van der Waals surface area contributed by atoms with Crippen LogP contribution in [0.3, 0.4) is 0 Å². The SMILES string of the molecule is c1ccc(-c2nc(-c3ccc(-c4ccc5cc(-c6c7ccccc7cc7c6ccc6ccccc67)ccc5c4)cc3)cc(-c3cccc(-c4cccc5ccccc45)c3)n2)cc1. The van der Waals surface area contributed by atoms with Crippen LogP contribution in [-0.4, -0.2) is 9.97 Å². The van der Waals surface area contributed by atoms with Gasteiger partial charge in [-0.1, -0.05) is 200 Å². The molecule has 0 aliphatic heterocycles. The summed E-state index contributed by atoms with van der Waals surface area (Å²) in [7, 11) is 0. The van der Waals surface area contributed by atoms with E-state index in [2.05, 4.69) is 212 Å². The molecule has 0 spiro atoms. The van der Waals surface area contributed by atoms with Crippen molar-refractivity contribution >= 4 is 53.9 Å². The van der Waals surface area contributed by atoms with Gasteiger partial charge in [0.2, 0.25) is 0 Å². The molecule has 12 rings (SSSR count). The average molecular weight is 787 g/mol. The number of rotatable bonds is 6. The van der Waals surface area contributed by atoms with E-state index in [1.165, 1.54) is 76.1 Å². The molecule has 288 valence electrons. The van der Waals surface area contributed by atoms with Gasteiger partial charge in [-0.05, 0) is 118 Å². The molecule has 11 aromatic carbocycles. The van der Waals surface area contributed by atoms with Crippen LogP contribution in [0.4, 0.5) is 0 Å². The summed E-state index contributed by atoms with van der Waals surface area (Å²) in [5.74, 6) is 0.705. The monoisotopic (exact) mass is 786 g/mol. The summed E-state index contributed by atoms with van der Waals surface area (Å²) < 4.78 is 0. The molecule has 1 heterocycles. The van der Waals surface area contributed by atoms with Crippen molar-refractivity contribution in [2.24, 2.45) is 0 Å². The third-order valence-corrected chi connectivity index (χ3v) is 12.4. The first kappa shape index (κ1) is 35.7. The number of fused-ring (bicyclic) bond motifs is 6. The molecule has 0 bridgehead atoms. The maximum Gasteiger partial charge on any atom is 0.160 e. The van der Waals surface area contributed by atoms with Gasteiger partial charge in [-0.2, -0.15) is 0 Å². The fourth-order valence-corrected chi connectivity index (χ4v) is 9.33. The van der Waals surface area contributed by atoms with E-state index in [1.54, 1.807) is 0 Å². The lowest BCUT2D eigenvalue weighted by Gasteiger charge is -2.15. The minimum atomic E-state index is 0.705. The van der Waals surface area contributed by atoms with Crippen LogP contribution in [0.15, 0.2) is 231 Å². The third-order valence-electron chi connectivity index (χ3n) is 12.4. The lowest BCUT2D eigenvalue weighted by Crippen LogP contribution is -1.96. The Morgan fingerprint density at radius 2 is 0.774 bits per heavy atom. The summed E-state index contributed by atoms with van der Waals surface area (Å²) >= 11 is 0. The first-order valence-corrected chi connectivity index (χ1v) is 21.2. The highest BCUT2D eigenvalue weighted by Crippen LogP contribution is 2.41. The van der Waals surface area contributed by atoms with Gasteiger partial charge in [0.25, 0.3) is 0 Å². The fourth-order valence-electron chi connectivity index (χ4n) is 9.33. The van der Waals surface area contributed by atoms with Crippen LogP contribution in [0.25, 0.3) is 121 Å². The zero-order chi connectivity index (χ0) is 41.0. The lowest BCUT2D eigenvalue weighted by molar-refractivity contribution is 1.18. The van der Waals surface area contributed by atoms with Gasteiger partial charge in [0.1, 0.15) is 0 Å². The molecule has 0 N–H and O–H groups in total. The van der Waals surface area contributed by atoms with E-state index in [-0.39, 0.29) is 0 Å². The lowest BCUT2D eigenvalue weighted by atomic mass is 9.89. The normalized spacial score (nSPS) is 11.5. The van der Waals surface area contributed by atoms with Crippen LogP contribution in [0.1, 0.15) is 0 Å². The molecule has 62 heavy (non-hydrogen) atoms. The second-order valence-electron chi connectivity index (χ2n) is 16.1. The molecule has 0 aliphatic carbocycles. The van der Waals surface area contributed by atoms with Crippen LogP contribution in [0.5, 0.6) is 0 Å². The highest BCUT2D eigenvalue weighted by molar-refractivity contribution is 6.20. The summed E-state index contributed by atoms with van der Waals surface area (Å²) in [6, 6.07) is 83.1. The highest BCUT2D eigenvalue weighted by Gasteiger charge is 2.15. The molecule has 2 heteroatoms. The van der Waals surface area contributed by atoms with E-state index >= 15 is 0 Å². The van der Waals surface area contributed by atoms with E-state index in [0.29, 0.717) is 5.82 Å². The van der Waals surface area contributed by atoms with Crippen LogP contribution in [-0.2, 0) is 0 Å². The van der Waals surface area contributed by atoms with Crippen molar-refractivity contribution in [3.8, 4) is 67.3 Å². The standard InChI is InChI=1S/C60H38N2/c1-2-14-43(15-3-1)60-61-57(38-58(62-60)49-19-10-18-47(36-49)53-23-11-17-40-12-4-7-20-51(40)53)42-26-24-39(25-27-42)44-28-29-46-35-50(31-30-45(46)34-44)59-54-22-9-6-16-48(54)37-56-52-21-8-5-13-41(52)32-33-55(56)59/h1-38H. The van der Waals surface area contributed by atoms with Crippen molar-refractivity contribution in [3.05, 3.63) is 231 Å². The Morgan fingerprint density at radius 3 is 1.58 bits per heavy atom. The molecule has 2 nitrogen and oxygen atoms in total. The Hall–Kier alpha value is -8.20. The van der Waals surface area contributed by atoms with E-state index in [1.807, 2.05) is 18.2 Å². The number of benzene rings is 11. The molecule has 1 aromatic heterocycles. The second-order valence-corrected chi connectivity index (χ2v) is 16.1.